The maximum absolute atomic E-state index is 13.8. The molecule has 0 saturated carbocycles. The lowest BCUT2D eigenvalue weighted by atomic mass is 9.63. The molecule has 4 nitrogen and oxygen atoms in total. The Kier molecular flexibility index (Phi) is 9.53. The van der Waals surface area contributed by atoms with E-state index in [1.807, 2.05) is 30.3 Å². The van der Waals surface area contributed by atoms with Crippen LogP contribution in [-0.4, -0.2) is 32.1 Å². The highest BCUT2D eigenvalue weighted by Crippen LogP contribution is 2.32. The minimum absolute atomic E-state index is 0.152. The molecule has 2 aromatic rings. The van der Waals surface area contributed by atoms with Gasteiger partial charge in [-0.15, -0.1) is 0 Å². The van der Waals surface area contributed by atoms with Gasteiger partial charge in [-0.3, -0.25) is 0 Å². The second kappa shape index (κ2) is 12.6. The van der Waals surface area contributed by atoms with Gasteiger partial charge in [-0.1, -0.05) is 62.8 Å². The third kappa shape index (κ3) is 7.62. The van der Waals surface area contributed by atoms with Crippen molar-refractivity contribution in [1.29, 1.82) is 0 Å². The zero-order valence-electron chi connectivity index (χ0n) is 18.7. The Hall–Kier alpha value is -2.41. The number of alkyl carbamates (subject to hydrolysis) is 1. The molecule has 7 heteroatoms. The largest absolute Gasteiger partial charge is 0.445 e. The van der Waals surface area contributed by atoms with E-state index in [-0.39, 0.29) is 19.1 Å². The summed E-state index contributed by atoms with van der Waals surface area (Å²) < 4.78 is 39.3. The molecule has 0 aliphatic carbocycles. The van der Waals surface area contributed by atoms with Crippen LogP contribution in [0.3, 0.4) is 0 Å². The van der Waals surface area contributed by atoms with Gasteiger partial charge in [0.2, 0.25) is 0 Å². The number of nitrogens with one attached hydrogen (secondary N) is 1. The molecule has 0 unspecified atom stereocenters. The van der Waals surface area contributed by atoms with Crippen LogP contribution in [-0.2, 0) is 22.5 Å². The molecule has 1 saturated heterocycles. The number of ether oxygens (including phenoxy) is 2. The van der Waals surface area contributed by atoms with Crippen LogP contribution in [0.15, 0.2) is 48.5 Å². The Labute approximate surface area is 189 Å². The number of carbonyl (C=O) groups excluding carboxylic acids is 1. The number of amides is 1. The van der Waals surface area contributed by atoms with E-state index in [1.54, 1.807) is 0 Å². The van der Waals surface area contributed by atoms with E-state index < -0.39 is 23.8 Å². The topological polar surface area (TPSA) is 47.6 Å². The van der Waals surface area contributed by atoms with E-state index in [1.165, 1.54) is 12.1 Å². The average Bonchev–Trinajstić information content (AvgIpc) is 3.29. The SMILES string of the molecule is CCCCO[C@H]([C@@H]1BCCC1)[C@H](Cc1cc(F)cc(F)c1)NC(=O)OCc1ccccc1. The first kappa shape index (κ1) is 24.2. The highest BCUT2D eigenvalue weighted by Gasteiger charge is 2.34. The number of unbranched alkanes of at least 4 members (excludes halogenated alkanes) is 1. The molecule has 1 heterocycles. The Balaban J connectivity index is 1.75. The summed E-state index contributed by atoms with van der Waals surface area (Å²) >= 11 is 0. The molecule has 1 amide bonds. The predicted octanol–water partition coefficient (Wildman–Crippen LogP) is 5.42. The monoisotopic (exact) mass is 443 g/mol. The number of carbonyl (C=O) groups is 1. The molecule has 0 spiro atoms. The standard InChI is InChI=1S/C25H32BF2NO3/c1-2-3-12-31-24(22-10-7-11-26-22)23(15-19-13-20(27)16-21(28)14-19)29-25(30)32-17-18-8-5-4-6-9-18/h4-6,8-9,13-14,16,22-24,26H,2-3,7,10-12,15,17H2,1H3,(H,29,30)/t22-,23+,24-/m1/s1. The van der Waals surface area contributed by atoms with Gasteiger partial charge in [-0.25, -0.2) is 13.6 Å². The summed E-state index contributed by atoms with van der Waals surface area (Å²) in [5.74, 6) is -0.964. The summed E-state index contributed by atoms with van der Waals surface area (Å²) in [6, 6.07) is 12.5. The molecule has 1 aliphatic heterocycles. The summed E-state index contributed by atoms with van der Waals surface area (Å²) in [5.41, 5.74) is 1.37. The number of halogens is 2. The van der Waals surface area contributed by atoms with Crippen molar-refractivity contribution in [3.63, 3.8) is 0 Å². The Bertz CT molecular complexity index is 826. The molecule has 172 valence electrons. The number of hydrogen-bond donors (Lipinski definition) is 1. The van der Waals surface area contributed by atoms with Gasteiger partial charge < -0.3 is 14.8 Å². The molecule has 1 aliphatic rings. The third-order valence-corrected chi connectivity index (χ3v) is 5.96. The summed E-state index contributed by atoms with van der Waals surface area (Å²) in [4.78, 5) is 12.7. The lowest BCUT2D eigenvalue weighted by molar-refractivity contribution is 0.0179. The molecule has 0 bridgehead atoms. The van der Waals surface area contributed by atoms with Crippen molar-refractivity contribution < 1.29 is 23.0 Å². The fourth-order valence-electron chi connectivity index (χ4n) is 4.38. The molecule has 1 N–H and O–H groups in total. The van der Waals surface area contributed by atoms with Crippen molar-refractivity contribution in [3.8, 4) is 0 Å². The van der Waals surface area contributed by atoms with Crippen LogP contribution in [0.2, 0.25) is 12.1 Å². The Morgan fingerprint density at radius 3 is 2.56 bits per heavy atom. The van der Waals surface area contributed by atoms with Crippen molar-refractivity contribution >= 4 is 13.4 Å². The van der Waals surface area contributed by atoms with Gasteiger partial charge in [-0.05, 0) is 41.9 Å². The van der Waals surface area contributed by atoms with Gasteiger partial charge >= 0.3 is 6.09 Å². The first-order valence-corrected chi connectivity index (χ1v) is 11.6. The second-order valence-electron chi connectivity index (χ2n) is 8.53. The molecule has 1 fully saturated rings. The van der Waals surface area contributed by atoms with Crippen molar-refractivity contribution in [1.82, 2.24) is 5.32 Å². The van der Waals surface area contributed by atoms with Crippen molar-refractivity contribution in [3.05, 3.63) is 71.3 Å². The van der Waals surface area contributed by atoms with E-state index in [4.69, 9.17) is 9.47 Å². The van der Waals surface area contributed by atoms with E-state index in [0.717, 1.165) is 50.9 Å². The van der Waals surface area contributed by atoms with Crippen LogP contribution in [0.25, 0.3) is 0 Å². The second-order valence-corrected chi connectivity index (χ2v) is 8.53. The molecule has 3 atom stereocenters. The Morgan fingerprint density at radius 1 is 1.16 bits per heavy atom. The van der Waals surface area contributed by atoms with Gasteiger partial charge in [0.1, 0.15) is 25.5 Å². The van der Waals surface area contributed by atoms with Gasteiger partial charge in [0.25, 0.3) is 0 Å². The van der Waals surface area contributed by atoms with E-state index in [0.29, 0.717) is 18.0 Å². The Morgan fingerprint density at radius 2 is 1.91 bits per heavy atom. The van der Waals surface area contributed by atoms with Crippen LogP contribution >= 0.6 is 0 Å². The minimum Gasteiger partial charge on any atom is -0.445 e. The van der Waals surface area contributed by atoms with Crippen molar-refractivity contribution in [2.45, 2.75) is 69.9 Å². The van der Waals surface area contributed by atoms with Crippen LogP contribution < -0.4 is 5.32 Å². The summed E-state index contributed by atoms with van der Waals surface area (Å²) in [7, 11) is 1.02. The lowest BCUT2D eigenvalue weighted by Crippen LogP contribution is -2.48. The molecular formula is C25H32BF2NO3. The van der Waals surface area contributed by atoms with Gasteiger partial charge in [0.05, 0.1) is 12.1 Å². The normalized spacial score (nSPS) is 17.4. The smallest absolute Gasteiger partial charge is 0.407 e. The molecule has 3 rings (SSSR count). The zero-order valence-corrected chi connectivity index (χ0v) is 18.7. The predicted molar refractivity (Wildman–Crippen MR) is 123 cm³/mol. The molecule has 0 aromatic heterocycles. The van der Waals surface area contributed by atoms with Gasteiger partial charge in [0, 0.05) is 12.7 Å². The maximum Gasteiger partial charge on any atom is 0.407 e. The molecular weight excluding hydrogens is 411 g/mol. The lowest BCUT2D eigenvalue weighted by Gasteiger charge is -2.32. The third-order valence-electron chi connectivity index (χ3n) is 5.96. The number of hydrogen-bond acceptors (Lipinski definition) is 3. The highest BCUT2D eigenvalue weighted by atomic mass is 19.1. The van der Waals surface area contributed by atoms with Gasteiger partial charge in [0.15, 0.2) is 0 Å². The summed E-state index contributed by atoms with van der Waals surface area (Å²) in [6.07, 6.45) is 4.66. The van der Waals surface area contributed by atoms with Crippen LogP contribution in [0.4, 0.5) is 13.6 Å². The number of benzene rings is 2. The average molecular weight is 443 g/mol. The molecule has 0 radical (unpaired) electrons. The highest BCUT2D eigenvalue weighted by molar-refractivity contribution is 6.39. The van der Waals surface area contributed by atoms with Crippen molar-refractivity contribution in [2.24, 2.45) is 0 Å². The molecule has 2 aromatic carbocycles. The van der Waals surface area contributed by atoms with Crippen LogP contribution in [0.1, 0.15) is 43.7 Å². The quantitative estimate of drug-likeness (QED) is 0.373. The summed E-state index contributed by atoms with van der Waals surface area (Å²) in [6.45, 7) is 2.84. The van der Waals surface area contributed by atoms with Crippen molar-refractivity contribution in [2.75, 3.05) is 6.61 Å². The first-order valence-electron chi connectivity index (χ1n) is 11.6. The fraction of sp³-hybridized carbons (Fsp3) is 0.480. The molecule has 32 heavy (non-hydrogen) atoms. The maximum atomic E-state index is 13.8. The van der Waals surface area contributed by atoms with E-state index >= 15 is 0 Å². The summed E-state index contributed by atoms with van der Waals surface area (Å²) in [5, 5.41) is 2.95. The van der Waals surface area contributed by atoms with Crippen LogP contribution in [0, 0.1) is 11.6 Å². The zero-order chi connectivity index (χ0) is 22.8. The minimum atomic E-state index is -0.630. The van der Waals surface area contributed by atoms with E-state index in [9.17, 15) is 13.6 Å². The van der Waals surface area contributed by atoms with Crippen LogP contribution in [0.5, 0.6) is 0 Å². The van der Waals surface area contributed by atoms with Gasteiger partial charge in [-0.2, -0.15) is 0 Å². The first-order chi connectivity index (χ1) is 15.5. The number of rotatable bonds is 11. The van der Waals surface area contributed by atoms with E-state index in [2.05, 4.69) is 12.2 Å². The fourth-order valence-corrected chi connectivity index (χ4v) is 4.38.